The molecule has 0 radical (unpaired) electrons. The van der Waals surface area contributed by atoms with Crippen LogP contribution in [0.1, 0.15) is 25.3 Å². The Hall–Kier alpha value is -2.40. The molecule has 0 atom stereocenters. The topological polar surface area (TPSA) is 68.2 Å². The Kier molecular flexibility index (Phi) is 4.34. The van der Waals surface area contributed by atoms with Crippen LogP contribution in [0.3, 0.4) is 0 Å². The number of rotatable bonds is 6. The van der Waals surface area contributed by atoms with Crippen LogP contribution < -0.4 is 11.1 Å². The third kappa shape index (κ3) is 2.80. The second-order valence-electron chi connectivity index (χ2n) is 5.28. The second-order valence-corrected chi connectivity index (χ2v) is 5.28. The van der Waals surface area contributed by atoms with Crippen LogP contribution >= 0.6 is 0 Å². The molecule has 0 amide bonds. The van der Waals surface area contributed by atoms with Gasteiger partial charge in [0.15, 0.2) is 5.65 Å². The van der Waals surface area contributed by atoms with Gasteiger partial charge in [0.25, 0.3) is 0 Å². The van der Waals surface area contributed by atoms with Gasteiger partial charge < -0.3 is 11.1 Å². The molecule has 0 aliphatic heterocycles. The predicted molar refractivity (Wildman–Crippen MR) is 89.7 cm³/mol. The summed E-state index contributed by atoms with van der Waals surface area (Å²) < 4.78 is 1.80. The van der Waals surface area contributed by atoms with Crippen LogP contribution in [0.4, 0.5) is 5.82 Å². The van der Waals surface area contributed by atoms with Crippen LogP contribution in [-0.4, -0.2) is 21.1 Å². The molecular weight excluding hydrogens is 274 g/mol. The lowest BCUT2D eigenvalue weighted by Gasteiger charge is -2.07. The van der Waals surface area contributed by atoms with Gasteiger partial charge in [0.1, 0.15) is 5.82 Å². The lowest BCUT2D eigenvalue weighted by Crippen LogP contribution is -2.04. The zero-order valence-electron chi connectivity index (χ0n) is 12.8. The molecule has 0 aliphatic rings. The number of hydrogen-bond donors (Lipinski definition) is 2. The highest BCUT2D eigenvalue weighted by Crippen LogP contribution is 2.27. The van der Waals surface area contributed by atoms with E-state index in [1.54, 1.807) is 4.52 Å². The third-order valence-electron chi connectivity index (χ3n) is 3.73. The van der Waals surface area contributed by atoms with Crippen molar-refractivity contribution in [3.05, 3.63) is 48.3 Å². The van der Waals surface area contributed by atoms with E-state index in [4.69, 9.17) is 10.7 Å². The minimum atomic E-state index is 0.502. The molecule has 2 aromatic heterocycles. The minimum Gasteiger partial charge on any atom is -0.370 e. The van der Waals surface area contributed by atoms with Gasteiger partial charge in [-0.1, -0.05) is 37.6 Å². The third-order valence-corrected chi connectivity index (χ3v) is 3.73. The van der Waals surface area contributed by atoms with Crippen molar-refractivity contribution in [2.75, 3.05) is 11.9 Å². The molecule has 114 valence electrons. The summed E-state index contributed by atoms with van der Waals surface area (Å²) in [4.78, 5) is 4.71. The molecule has 0 spiro atoms. The Morgan fingerprint density at radius 2 is 2.05 bits per heavy atom. The molecule has 22 heavy (non-hydrogen) atoms. The van der Waals surface area contributed by atoms with E-state index in [9.17, 15) is 0 Å². The number of hydrogen-bond acceptors (Lipinski definition) is 4. The predicted octanol–water partition coefficient (Wildman–Crippen LogP) is 3.07. The Morgan fingerprint density at radius 1 is 1.18 bits per heavy atom. The number of fused-ring (bicyclic) bond motifs is 1. The van der Waals surface area contributed by atoms with E-state index in [2.05, 4.69) is 23.4 Å². The Labute approximate surface area is 130 Å². The van der Waals surface area contributed by atoms with Gasteiger partial charge in [-0.05, 0) is 23.6 Å². The van der Waals surface area contributed by atoms with E-state index in [1.807, 2.05) is 36.7 Å². The molecule has 2 heterocycles. The smallest absolute Gasteiger partial charge is 0.165 e. The van der Waals surface area contributed by atoms with Gasteiger partial charge in [0.2, 0.25) is 0 Å². The first-order valence-electron chi connectivity index (χ1n) is 7.70. The molecule has 0 aliphatic carbocycles. The number of benzene rings is 1. The van der Waals surface area contributed by atoms with Gasteiger partial charge in [-0.15, -0.1) is 0 Å². The average molecular weight is 295 g/mol. The summed E-state index contributed by atoms with van der Waals surface area (Å²) in [5, 5.41) is 7.75. The first-order chi connectivity index (χ1) is 10.8. The van der Waals surface area contributed by atoms with Crippen molar-refractivity contribution < 1.29 is 0 Å². The molecule has 1 aromatic carbocycles. The van der Waals surface area contributed by atoms with Crippen LogP contribution in [0, 0.1) is 0 Å². The fraction of sp³-hybridized carbons (Fsp3) is 0.294. The summed E-state index contributed by atoms with van der Waals surface area (Å²) in [6.07, 6.45) is 6.09. The fourth-order valence-electron chi connectivity index (χ4n) is 2.51. The van der Waals surface area contributed by atoms with Crippen molar-refractivity contribution >= 4 is 11.5 Å². The molecular formula is C17H21N5. The SMILES string of the molecule is CCCCNc1ccn2ncc(-c3ccccc3CN)c2n1. The van der Waals surface area contributed by atoms with Crippen molar-refractivity contribution in [2.45, 2.75) is 26.3 Å². The van der Waals surface area contributed by atoms with E-state index < -0.39 is 0 Å². The fourth-order valence-corrected chi connectivity index (χ4v) is 2.51. The molecule has 3 rings (SSSR count). The van der Waals surface area contributed by atoms with Crippen molar-refractivity contribution in [1.82, 2.24) is 14.6 Å². The number of nitrogens with zero attached hydrogens (tertiary/aromatic N) is 3. The maximum absolute atomic E-state index is 5.85. The second kappa shape index (κ2) is 6.58. The van der Waals surface area contributed by atoms with Crippen LogP contribution in [0.2, 0.25) is 0 Å². The van der Waals surface area contributed by atoms with Gasteiger partial charge in [0.05, 0.1) is 6.20 Å². The first kappa shape index (κ1) is 14.5. The van der Waals surface area contributed by atoms with E-state index in [-0.39, 0.29) is 0 Å². The van der Waals surface area contributed by atoms with Gasteiger partial charge in [0, 0.05) is 24.8 Å². The number of aromatic nitrogens is 3. The van der Waals surface area contributed by atoms with Gasteiger partial charge in [-0.25, -0.2) is 9.50 Å². The quantitative estimate of drug-likeness (QED) is 0.686. The van der Waals surface area contributed by atoms with Crippen molar-refractivity contribution in [3.8, 4) is 11.1 Å². The summed E-state index contributed by atoms with van der Waals surface area (Å²) in [5.74, 6) is 0.882. The number of nitrogens with two attached hydrogens (primary N) is 1. The molecule has 3 aromatic rings. The summed E-state index contributed by atoms with van der Waals surface area (Å²) in [5.41, 5.74) is 9.91. The average Bonchev–Trinajstić information content (AvgIpc) is 2.98. The summed E-state index contributed by atoms with van der Waals surface area (Å²) in [7, 11) is 0. The molecule has 0 unspecified atom stereocenters. The maximum atomic E-state index is 5.85. The van der Waals surface area contributed by atoms with Crippen molar-refractivity contribution in [1.29, 1.82) is 0 Å². The lowest BCUT2D eigenvalue weighted by atomic mass is 10.0. The van der Waals surface area contributed by atoms with Gasteiger partial charge in [-0.2, -0.15) is 5.10 Å². The van der Waals surface area contributed by atoms with E-state index >= 15 is 0 Å². The molecule has 3 N–H and O–H groups in total. The van der Waals surface area contributed by atoms with Crippen LogP contribution in [0.15, 0.2) is 42.7 Å². The number of anilines is 1. The van der Waals surface area contributed by atoms with Gasteiger partial charge in [-0.3, -0.25) is 0 Å². The Morgan fingerprint density at radius 3 is 2.86 bits per heavy atom. The molecule has 0 bridgehead atoms. The van der Waals surface area contributed by atoms with Crippen LogP contribution in [0.25, 0.3) is 16.8 Å². The summed E-state index contributed by atoms with van der Waals surface area (Å²) >= 11 is 0. The highest BCUT2D eigenvalue weighted by molar-refractivity contribution is 5.79. The van der Waals surface area contributed by atoms with Gasteiger partial charge >= 0.3 is 0 Å². The first-order valence-corrected chi connectivity index (χ1v) is 7.70. The molecule has 0 saturated carbocycles. The zero-order valence-corrected chi connectivity index (χ0v) is 12.8. The molecule has 0 saturated heterocycles. The molecule has 0 fully saturated rings. The largest absolute Gasteiger partial charge is 0.370 e. The zero-order chi connectivity index (χ0) is 15.4. The summed E-state index contributed by atoms with van der Waals surface area (Å²) in [6.45, 7) is 3.61. The Bertz CT molecular complexity index is 763. The maximum Gasteiger partial charge on any atom is 0.165 e. The highest BCUT2D eigenvalue weighted by atomic mass is 15.2. The summed E-state index contributed by atoms with van der Waals surface area (Å²) in [6, 6.07) is 10.1. The highest BCUT2D eigenvalue weighted by Gasteiger charge is 2.11. The van der Waals surface area contributed by atoms with Crippen LogP contribution in [0.5, 0.6) is 0 Å². The Balaban J connectivity index is 2.01. The van der Waals surface area contributed by atoms with Crippen molar-refractivity contribution in [3.63, 3.8) is 0 Å². The minimum absolute atomic E-state index is 0.502. The van der Waals surface area contributed by atoms with E-state index in [1.165, 1.54) is 0 Å². The molecule has 5 nitrogen and oxygen atoms in total. The van der Waals surface area contributed by atoms with E-state index in [0.717, 1.165) is 47.5 Å². The molecule has 5 heteroatoms. The normalized spacial score (nSPS) is 11.0. The van der Waals surface area contributed by atoms with Crippen molar-refractivity contribution in [2.24, 2.45) is 5.73 Å². The lowest BCUT2D eigenvalue weighted by molar-refractivity contribution is 0.829. The van der Waals surface area contributed by atoms with Crippen LogP contribution in [-0.2, 0) is 6.54 Å². The standard InChI is InChI=1S/C17H21N5/c1-2-3-9-19-16-8-10-22-17(21-16)15(12-20-22)14-7-5-4-6-13(14)11-18/h4-8,10,12H,2-3,9,11,18H2,1H3,(H,19,21). The number of nitrogens with one attached hydrogen (secondary N) is 1. The monoisotopic (exact) mass is 295 g/mol. The van der Waals surface area contributed by atoms with E-state index in [0.29, 0.717) is 6.54 Å². The number of unbranched alkanes of at least 4 members (excludes halogenated alkanes) is 1.